The Kier molecular flexibility index (Phi) is 7.43. The predicted octanol–water partition coefficient (Wildman–Crippen LogP) is -1.29. The van der Waals surface area contributed by atoms with Gasteiger partial charge in [-0.25, -0.2) is 0 Å². The van der Waals surface area contributed by atoms with E-state index in [-0.39, 0.29) is 28.8 Å². The van der Waals surface area contributed by atoms with Crippen LogP contribution in [0.2, 0.25) is 0 Å². The molecule has 0 spiro atoms. The highest BCUT2D eigenvalue weighted by molar-refractivity contribution is 7.85. The minimum atomic E-state index is -3.75. The van der Waals surface area contributed by atoms with Crippen molar-refractivity contribution in [2.45, 2.75) is 0 Å². The van der Waals surface area contributed by atoms with Crippen LogP contribution in [0.5, 0.6) is 0 Å². The molecule has 0 saturated carbocycles. The Labute approximate surface area is 70.9 Å². The minimum Gasteiger partial charge on any atom is -0.319 e. The average Bonchev–Trinajstić information content (AvgIpc) is 1.59. The van der Waals surface area contributed by atoms with Crippen molar-refractivity contribution in [3.63, 3.8) is 0 Å². The van der Waals surface area contributed by atoms with E-state index in [0.29, 0.717) is 6.54 Å². The van der Waals surface area contributed by atoms with Gasteiger partial charge in [-0.15, -0.1) is 0 Å². The fraction of sp³-hybridized carbons (Fsp3) is 1.00. The molecule has 4 nitrogen and oxygen atoms in total. The Bertz CT molecular complexity index is 143. The highest BCUT2D eigenvalue weighted by atomic mass is 32.2. The molecule has 0 aliphatic rings. The molecule has 2 N–H and O–H groups in total. The molecule has 0 aliphatic heterocycles. The molecule has 0 rings (SSSR count). The topological polar surface area (TPSA) is 66.4 Å². The van der Waals surface area contributed by atoms with Gasteiger partial charge in [0, 0.05) is 29.6 Å². The summed E-state index contributed by atoms with van der Waals surface area (Å²) >= 11 is 0. The third kappa shape index (κ3) is 12.0. The van der Waals surface area contributed by atoms with E-state index < -0.39 is 10.1 Å². The lowest BCUT2D eigenvalue weighted by molar-refractivity contribution is 0.482. The van der Waals surface area contributed by atoms with Gasteiger partial charge in [0.1, 0.15) is 0 Å². The maximum absolute atomic E-state index is 9.91. The lowest BCUT2D eigenvalue weighted by atomic mass is 10.8. The van der Waals surface area contributed by atoms with E-state index in [0.717, 1.165) is 0 Å². The lowest BCUT2D eigenvalue weighted by Crippen LogP contribution is -2.18. The average molecular weight is 163 g/mol. The first-order valence-electron chi connectivity index (χ1n) is 2.16. The maximum Gasteiger partial charge on any atom is 0.266 e. The maximum atomic E-state index is 9.91. The van der Waals surface area contributed by atoms with Crippen LogP contribution in [0.25, 0.3) is 0 Å². The Morgan fingerprint density at radius 1 is 1.56 bits per heavy atom. The zero-order valence-corrected chi connectivity index (χ0v) is 7.52. The molecule has 2 radical (unpaired) electrons. The van der Waals surface area contributed by atoms with Crippen LogP contribution in [-0.2, 0) is 10.1 Å². The Balaban J connectivity index is 0. The van der Waals surface area contributed by atoms with Crippen molar-refractivity contribution < 1.29 is 13.0 Å². The Hall–Kier alpha value is 0.636. The molecular formula is C3H9MgNO3S. The van der Waals surface area contributed by atoms with Crippen LogP contribution in [0.1, 0.15) is 0 Å². The second-order valence-electron chi connectivity index (χ2n) is 1.39. The Morgan fingerprint density at radius 2 is 2.00 bits per heavy atom. The van der Waals surface area contributed by atoms with Crippen LogP contribution in [0.3, 0.4) is 0 Å². The summed E-state index contributed by atoms with van der Waals surface area (Å²) in [6.07, 6.45) is 0. The highest BCUT2D eigenvalue weighted by Gasteiger charge is 1.99. The molecule has 0 saturated heterocycles. The molecule has 0 aliphatic carbocycles. The number of hydrogen-bond acceptors (Lipinski definition) is 3. The van der Waals surface area contributed by atoms with Crippen LogP contribution in [-0.4, -0.2) is 55.4 Å². The van der Waals surface area contributed by atoms with Crippen molar-refractivity contribution in [3.05, 3.63) is 0 Å². The third-order valence-corrected chi connectivity index (χ3v) is 1.33. The minimum absolute atomic E-state index is 0. The smallest absolute Gasteiger partial charge is 0.266 e. The van der Waals surface area contributed by atoms with E-state index >= 15 is 0 Å². The first-order valence-corrected chi connectivity index (χ1v) is 3.77. The first kappa shape index (κ1) is 12.3. The summed E-state index contributed by atoms with van der Waals surface area (Å²) < 4.78 is 27.9. The van der Waals surface area contributed by atoms with Gasteiger partial charge >= 0.3 is 0 Å². The van der Waals surface area contributed by atoms with Crippen molar-refractivity contribution in [1.29, 1.82) is 0 Å². The summed E-state index contributed by atoms with van der Waals surface area (Å²) in [6, 6.07) is 0. The van der Waals surface area contributed by atoms with Gasteiger partial charge in [-0.2, -0.15) is 8.42 Å². The predicted molar refractivity (Wildman–Crippen MR) is 36.1 cm³/mol. The van der Waals surface area contributed by atoms with E-state index in [1.165, 1.54) is 0 Å². The van der Waals surface area contributed by atoms with E-state index in [9.17, 15) is 8.42 Å². The van der Waals surface area contributed by atoms with Gasteiger partial charge in [0.25, 0.3) is 10.1 Å². The quantitative estimate of drug-likeness (QED) is 0.402. The summed E-state index contributed by atoms with van der Waals surface area (Å²) in [7, 11) is -2.13. The number of hydrogen-bond donors (Lipinski definition) is 2. The molecule has 6 heteroatoms. The molecule has 0 bridgehead atoms. The standard InChI is InChI=1S/C3H9NO3S.Mg/c1-4-2-3-8(5,6)7;/h4H,2-3H2,1H3,(H,5,6,7);. The molecule has 0 aromatic rings. The summed E-state index contributed by atoms with van der Waals surface area (Å²) in [4.78, 5) is 0. The molecule has 0 unspecified atom stereocenters. The number of rotatable bonds is 3. The van der Waals surface area contributed by atoms with Gasteiger partial charge in [-0.1, -0.05) is 0 Å². The molecule has 0 atom stereocenters. The molecule has 0 aromatic heterocycles. The van der Waals surface area contributed by atoms with Crippen LogP contribution in [0.15, 0.2) is 0 Å². The second kappa shape index (κ2) is 5.42. The van der Waals surface area contributed by atoms with Gasteiger partial charge in [0.05, 0.1) is 5.75 Å². The van der Waals surface area contributed by atoms with E-state index in [1.807, 2.05) is 0 Å². The zero-order chi connectivity index (χ0) is 6.62. The van der Waals surface area contributed by atoms with Crippen molar-refractivity contribution in [3.8, 4) is 0 Å². The van der Waals surface area contributed by atoms with Crippen molar-refractivity contribution in [1.82, 2.24) is 5.32 Å². The second-order valence-corrected chi connectivity index (χ2v) is 2.96. The summed E-state index contributed by atoms with van der Waals surface area (Å²) in [6.45, 7) is 0.291. The molecule has 0 fully saturated rings. The monoisotopic (exact) mass is 163 g/mol. The summed E-state index contributed by atoms with van der Waals surface area (Å²) in [5.74, 6) is -0.219. The summed E-state index contributed by atoms with van der Waals surface area (Å²) in [5, 5.41) is 2.59. The van der Waals surface area contributed by atoms with Crippen molar-refractivity contribution >= 4 is 33.2 Å². The summed E-state index contributed by atoms with van der Waals surface area (Å²) in [5.41, 5.74) is 0. The fourth-order valence-electron chi connectivity index (χ4n) is 0.231. The van der Waals surface area contributed by atoms with Gasteiger partial charge in [0.2, 0.25) is 0 Å². The number of nitrogens with one attached hydrogen (secondary N) is 1. The molecule has 52 valence electrons. The molecule has 0 amide bonds. The first-order chi connectivity index (χ1) is 3.56. The van der Waals surface area contributed by atoms with E-state index in [4.69, 9.17) is 4.55 Å². The molecular weight excluding hydrogens is 154 g/mol. The SMILES string of the molecule is CNCCS(=O)(=O)O.[Mg]. The van der Waals surface area contributed by atoms with Gasteiger partial charge in [-0.3, -0.25) is 4.55 Å². The zero-order valence-electron chi connectivity index (χ0n) is 5.29. The normalized spacial score (nSPS) is 10.4. The van der Waals surface area contributed by atoms with Crippen molar-refractivity contribution in [2.24, 2.45) is 0 Å². The van der Waals surface area contributed by atoms with Crippen LogP contribution in [0, 0.1) is 0 Å². The van der Waals surface area contributed by atoms with Gasteiger partial charge in [-0.05, 0) is 7.05 Å². The van der Waals surface area contributed by atoms with Crippen LogP contribution in [0.4, 0.5) is 0 Å². The third-order valence-electron chi connectivity index (χ3n) is 0.610. The largest absolute Gasteiger partial charge is 0.319 e. The lowest BCUT2D eigenvalue weighted by Gasteiger charge is -1.92. The van der Waals surface area contributed by atoms with E-state index in [1.54, 1.807) is 7.05 Å². The van der Waals surface area contributed by atoms with E-state index in [2.05, 4.69) is 5.32 Å². The van der Waals surface area contributed by atoms with Gasteiger partial charge < -0.3 is 5.32 Å². The molecule has 0 heterocycles. The van der Waals surface area contributed by atoms with Crippen molar-refractivity contribution in [2.75, 3.05) is 19.3 Å². The molecule has 9 heavy (non-hydrogen) atoms. The highest BCUT2D eigenvalue weighted by Crippen LogP contribution is 1.76. The fourth-order valence-corrected chi connectivity index (χ4v) is 0.693. The molecule has 0 aromatic carbocycles. The van der Waals surface area contributed by atoms with Crippen LogP contribution >= 0.6 is 0 Å². The van der Waals surface area contributed by atoms with Crippen LogP contribution < -0.4 is 5.32 Å². The Morgan fingerprint density at radius 3 is 2.11 bits per heavy atom. The van der Waals surface area contributed by atoms with Gasteiger partial charge in [0.15, 0.2) is 0 Å².